The zero-order chi connectivity index (χ0) is 18.8. The van der Waals surface area contributed by atoms with E-state index in [1.54, 1.807) is 33.2 Å². The van der Waals surface area contributed by atoms with Crippen molar-refractivity contribution in [2.75, 3.05) is 18.1 Å². The van der Waals surface area contributed by atoms with Gasteiger partial charge in [-0.25, -0.2) is 4.98 Å². The number of thiazole rings is 1. The third-order valence-electron chi connectivity index (χ3n) is 4.97. The molecule has 1 fully saturated rings. The molecule has 27 heavy (non-hydrogen) atoms. The Morgan fingerprint density at radius 2 is 2.26 bits per heavy atom. The second-order valence-corrected chi connectivity index (χ2v) is 7.74. The maximum Gasteiger partial charge on any atom is 0.278 e. The van der Waals surface area contributed by atoms with Crippen LogP contribution in [-0.2, 0) is 17.7 Å². The van der Waals surface area contributed by atoms with E-state index in [0.29, 0.717) is 18.8 Å². The molecular weight excluding hydrogens is 360 g/mol. The zero-order valence-corrected chi connectivity index (χ0v) is 16.5. The first-order valence-electron chi connectivity index (χ1n) is 9.54. The van der Waals surface area contributed by atoms with Crippen LogP contribution in [0.25, 0.3) is 10.2 Å². The summed E-state index contributed by atoms with van der Waals surface area (Å²) in [7, 11) is 0. The van der Waals surface area contributed by atoms with E-state index < -0.39 is 0 Å². The van der Waals surface area contributed by atoms with Crippen LogP contribution in [0.2, 0.25) is 0 Å². The number of aromatic nitrogens is 3. The van der Waals surface area contributed by atoms with Gasteiger partial charge in [0.15, 0.2) is 5.13 Å². The number of rotatable bonds is 6. The number of carbonyl (C=O) groups excluding carboxylic acids is 1. The average Bonchev–Trinajstić information content (AvgIpc) is 3.44. The Morgan fingerprint density at radius 3 is 3.00 bits per heavy atom. The number of hydrogen-bond donors (Lipinski definition) is 0. The molecular formula is C20H24N4O2S. The summed E-state index contributed by atoms with van der Waals surface area (Å²) in [5.41, 5.74) is 2.80. The third-order valence-corrected chi connectivity index (χ3v) is 6.01. The molecule has 3 aromatic rings. The molecule has 0 bridgehead atoms. The van der Waals surface area contributed by atoms with Crippen molar-refractivity contribution in [3.05, 3.63) is 41.7 Å². The van der Waals surface area contributed by atoms with E-state index in [2.05, 4.69) is 24.2 Å². The number of nitrogens with zero attached hydrogens (tertiary/aromatic N) is 4. The highest BCUT2D eigenvalue weighted by Crippen LogP contribution is 2.31. The molecule has 1 aliphatic rings. The highest BCUT2D eigenvalue weighted by molar-refractivity contribution is 7.22. The number of hydrogen-bond acceptors (Lipinski definition) is 5. The van der Waals surface area contributed by atoms with Crippen molar-refractivity contribution >= 4 is 32.6 Å². The van der Waals surface area contributed by atoms with Gasteiger partial charge in [0.2, 0.25) is 0 Å². The summed E-state index contributed by atoms with van der Waals surface area (Å²) in [6, 6.07) is 8.09. The molecule has 3 heterocycles. The molecule has 0 aliphatic carbocycles. The molecule has 1 aromatic carbocycles. The summed E-state index contributed by atoms with van der Waals surface area (Å²) < 4.78 is 8.64. The van der Waals surface area contributed by atoms with Crippen molar-refractivity contribution in [1.82, 2.24) is 14.8 Å². The highest BCUT2D eigenvalue weighted by atomic mass is 32.1. The van der Waals surface area contributed by atoms with Crippen molar-refractivity contribution in [1.29, 1.82) is 0 Å². The third kappa shape index (κ3) is 3.61. The number of carbonyl (C=O) groups is 1. The van der Waals surface area contributed by atoms with E-state index in [0.717, 1.165) is 41.2 Å². The minimum absolute atomic E-state index is 0.0603. The van der Waals surface area contributed by atoms with Crippen LogP contribution in [0.4, 0.5) is 5.13 Å². The van der Waals surface area contributed by atoms with E-state index in [1.165, 1.54) is 5.56 Å². The summed E-state index contributed by atoms with van der Waals surface area (Å²) in [6.07, 6.45) is 4.73. The Hall–Kier alpha value is -2.25. The molecule has 6 nitrogen and oxygen atoms in total. The van der Waals surface area contributed by atoms with E-state index in [1.807, 2.05) is 13.0 Å². The van der Waals surface area contributed by atoms with Crippen LogP contribution in [-0.4, -0.2) is 39.9 Å². The Labute approximate surface area is 162 Å². The van der Waals surface area contributed by atoms with Crippen molar-refractivity contribution < 1.29 is 9.53 Å². The normalized spacial score (nSPS) is 16.9. The standard InChI is InChI=1S/C20H24N4O2S/c1-3-14-7-8-16-18(12-14)27-20(22-16)23(13-15-6-5-11-26-15)19(25)17-9-10-21-24(17)4-2/h7-10,12,15H,3-6,11,13H2,1-2H3. The van der Waals surface area contributed by atoms with Crippen molar-refractivity contribution in [3.8, 4) is 0 Å². The van der Waals surface area contributed by atoms with Crippen LogP contribution in [0, 0.1) is 0 Å². The molecule has 1 saturated heterocycles. The van der Waals surface area contributed by atoms with Gasteiger partial charge in [0.05, 0.1) is 22.9 Å². The second kappa shape index (κ2) is 7.78. The predicted octanol–water partition coefficient (Wildman–Crippen LogP) is 3.90. The minimum Gasteiger partial charge on any atom is -0.376 e. The van der Waals surface area contributed by atoms with E-state index in [9.17, 15) is 4.79 Å². The van der Waals surface area contributed by atoms with Gasteiger partial charge in [-0.1, -0.05) is 24.3 Å². The number of ether oxygens (including phenoxy) is 1. The van der Waals surface area contributed by atoms with Crippen LogP contribution in [0.5, 0.6) is 0 Å². The maximum atomic E-state index is 13.4. The predicted molar refractivity (Wildman–Crippen MR) is 108 cm³/mol. The van der Waals surface area contributed by atoms with Gasteiger partial charge in [-0.05, 0) is 49.9 Å². The molecule has 142 valence electrons. The molecule has 1 aliphatic heterocycles. The van der Waals surface area contributed by atoms with Crippen LogP contribution in [0.3, 0.4) is 0 Å². The van der Waals surface area contributed by atoms with E-state index >= 15 is 0 Å². The lowest BCUT2D eigenvalue weighted by Crippen LogP contribution is -2.38. The SMILES string of the molecule is CCc1ccc2nc(N(CC3CCCO3)C(=O)c3ccnn3CC)sc2c1. The summed E-state index contributed by atoms with van der Waals surface area (Å²) in [5, 5.41) is 4.97. The molecule has 0 N–H and O–H groups in total. The van der Waals surface area contributed by atoms with Crippen LogP contribution >= 0.6 is 11.3 Å². The molecule has 7 heteroatoms. The molecule has 0 saturated carbocycles. The smallest absolute Gasteiger partial charge is 0.278 e. The van der Waals surface area contributed by atoms with E-state index in [4.69, 9.17) is 9.72 Å². The van der Waals surface area contributed by atoms with Crippen LogP contribution < -0.4 is 4.90 Å². The first-order chi connectivity index (χ1) is 13.2. The van der Waals surface area contributed by atoms with Gasteiger partial charge < -0.3 is 4.74 Å². The summed E-state index contributed by atoms with van der Waals surface area (Å²) in [6.45, 7) is 6.06. The summed E-state index contributed by atoms with van der Waals surface area (Å²) in [5.74, 6) is -0.0698. The fourth-order valence-corrected chi connectivity index (χ4v) is 4.47. The molecule has 2 aromatic heterocycles. The Balaban J connectivity index is 1.71. The van der Waals surface area contributed by atoms with Gasteiger partial charge in [0.1, 0.15) is 5.69 Å². The van der Waals surface area contributed by atoms with Crippen molar-refractivity contribution in [3.63, 3.8) is 0 Å². The van der Waals surface area contributed by atoms with Gasteiger partial charge in [0.25, 0.3) is 5.91 Å². The second-order valence-electron chi connectivity index (χ2n) is 6.74. The molecule has 1 unspecified atom stereocenters. The van der Waals surface area contributed by atoms with Crippen molar-refractivity contribution in [2.24, 2.45) is 0 Å². The van der Waals surface area contributed by atoms with Gasteiger partial charge in [-0.2, -0.15) is 5.10 Å². The fourth-order valence-electron chi connectivity index (χ4n) is 3.44. The van der Waals surface area contributed by atoms with Gasteiger partial charge >= 0.3 is 0 Å². The molecule has 1 amide bonds. The largest absolute Gasteiger partial charge is 0.376 e. The van der Waals surface area contributed by atoms with Gasteiger partial charge in [0, 0.05) is 19.3 Å². The number of anilines is 1. The Bertz CT molecular complexity index is 943. The van der Waals surface area contributed by atoms with Gasteiger partial charge in [-0.3, -0.25) is 14.4 Å². The summed E-state index contributed by atoms with van der Waals surface area (Å²) in [4.78, 5) is 19.9. The quantitative estimate of drug-likeness (QED) is 0.647. The topological polar surface area (TPSA) is 60.3 Å². The highest BCUT2D eigenvalue weighted by Gasteiger charge is 2.28. The molecule has 0 spiro atoms. The minimum atomic E-state index is -0.0698. The molecule has 4 rings (SSSR count). The number of benzene rings is 1. The lowest BCUT2D eigenvalue weighted by Gasteiger charge is -2.23. The van der Waals surface area contributed by atoms with Crippen LogP contribution in [0.1, 0.15) is 42.7 Å². The molecule has 0 radical (unpaired) electrons. The first-order valence-corrected chi connectivity index (χ1v) is 10.4. The number of amides is 1. The van der Waals surface area contributed by atoms with Gasteiger partial charge in [-0.15, -0.1) is 0 Å². The maximum absolute atomic E-state index is 13.4. The first kappa shape index (κ1) is 18.1. The number of fused-ring (bicyclic) bond motifs is 1. The lowest BCUT2D eigenvalue weighted by molar-refractivity contribution is 0.0908. The van der Waals surface area contributed by atoms with Crippen molar-refractivity contribution in [2.45, 2.75) is 45.8 Å². The average molecular weight is 385 g/mol. The Morgan fingerprint density at radius 1 is 1.37 bits per heavy atom. The summed E-state index contributed by atoms with van der Waals surface area (Å²) >= 11 is 1.57. The molecule has 1 atom stereocenters. The lowest BCUT2D eigenvalue weighted by atomic mass is 10.2. The zero-order valence-electron chi connectivity index (χ0n) is 15.7. The fraction of sp³-hybridized carbons (Fsp3) is 0.450. The monoisotopic (exact) mass is 384 g/mol. The Kier molecular flexibility index (Phi) is 5.22. The number of aryl methyl sites for hydroxylation is 2. The van der Waals surface area contributed by atoms with Crippen LogP contribution in [0.15, 0.2) is 30.5 Å². The van der Waals surface area contributed by atoms with E-state index in [-0.39, 0.29) is 12.0 Å².